The van der Waals surface area contributed by atoms with Crippen molar-refractivity contribution in [3.63, 3.8) is 0 Å². The van der Waals surface area contributed by atoms with E-state index in [0.29, 0.717) is 17.2 Å². The molecule has 0 saturated carbocycles. The number of rotatable bonds is 8. The highest BCUT2D eigenvalue weighted by atomic mass is 16.6. The topological polar surface area (TPSA) is 237 Å². The average molecular weight is 612 g/mol. The van der Waals surface area contributed by atoms with Crippen molar-refractivity contribution in [3.8, 4) is 17.2 Å². The molecule has 0 fully saturated rings. The maximum absolute atomic E-state index is 10.7. The Bertz CT molecular complexity index is 1450. The first-order valence-corrected chi connectivity index (χ1v) is 12.7. The van der Waals surface area contributed by atoms with E-state index in [1.54, 1.807) is 48.5 Å². The molecule has 4 aromatic carbocycles. The Morgan fingerprint density at radius 3 is 1.66 bits per heavy atom. The Morgan fingerprint density at radius 2 is 1.27 bits per heavy atom. The molecule has 0 aliphatic heterocycles. The molecule has 15 nitrogen and oxygen atoms in total. The van der Waals surface area contributed by atoms with Gasteiger partial charge in [0.15, 0.2) is 0 Å². The minimum absolute atomic E-state index is 0.0159. The predicted octanol–water partition coefficient (Wildman–Crippen LogP) is 5.31. The van der Waals surface area contributed by atoms with Crippen LogP contribution in [-0.4, -0.2) is 50.4 Å². The first-order valence-electron chi connectivity index (χ1n) is 12.7. The Labute approximate surface area is 252 Å². The summed E-state index contributed by atoms with van der Waals surface area (Å²) >= 11 is 0. The third-order valence-corrected chi connectivity index (χ3v) is 5.28. The molecule has 0 saturated heterocycles. The van der Waals surface area contributed by atoms with Gasteiger partial charge >= 0.3 is 0 Å². The Kier molecular flexibility index (Phi) is 15.9. The quantitative estimate of drug-likeness (QED) is 0.126. The SMILES string of the molecule is CC(N)c1ccc([N+](=O)[O-])cc1.COc1ccc(NCCO)c([N+](=O)[O-])c1.O=[N+]([O-])c1ccc(O)cc1.Oc1ccccc1. The largest absolute Gasteiger partial charge is 0.508 e. The summed E-state index contributed by atoms with van der Waals surface area (Å²) in [6.07, 6.45) is 0. The van der Waals surface area contributed by atoms with Gasteiger partial charge in [-0.25, -0.2) is 0 Å². The van der Waals surface area contributed by atoms with Crippen molar-refractivity contribution >= 4 is 22.7 Å². The molecular formula is C29H33N5O10. The monoisotopic (exact) mass is 611 g/mol. The molecule has 6 N–H and O–H groups in total. The number of para-hydroxylation sites is 1. The van der Waals surface area contributed by atoms with Gasteiger partial charge in [0.25, 0.3) is 17.1 Å². The number of methoxy groups -OCH3 is 1. The summed E-state index contributed by atoms with van der Waals surface area (Å²) < 4.78 is 4.88. The fourth-order valence-electron chi connectivity index (χ4n) is 3.03. The van der Waals surface area contributed by atoms with Crippen LogP contribution in [0.4, 0.5) is 22.7 Å². The van der Waals surface area contributed by atoms with Crippen LogP contribution < -0.4 is 15.8 Å². The van der Waals surface area contributed by atoms with Gasteiger partial charge in [-0.15, -0.1) is 0 Å². The highest BCUT2D eigenvalue weighted by Crippen LogP contribution is 2.28. The van der Waals surface area contributed by atoms with Crippen molar-refractivity contribution in [3.05, 3.63) is 133 Å². The molecule has 1 atom stereocenters. The number of anilines is 1. The van der Waals surface area contributed by atoms with Crippen LogP contribution in [0.15, 0.2) is 97.1 Å². The number of hydrogen-bond donors (Lipinski definition) is 5. The van der Waals surface area contributed by atoms with E-state index < -0.39 is 14.8 Å². The van der Waals surface area contributed by atoms with Crippen LogP contribution in [0.25, 0.3) is 0 Å². The molecule has 15 heteroatoms. The maximum atomic E-state index is 10.7. The van der Waals surface area contributed by atoms with Gasteiger partial charge in [-0.2, -0.15) is 0 Å². The van der Waals surface area contributed by atoms with E-state index in [1.165, 1.54) is 49.6 Å². The van der Waals surface area contributed by atoms with Crippen molar-refractivity contribution in [2.24, 2.45) is 5.73 Å². The number of nitrogens with zero attached hydrogens (tertiary/aromatic N) is 3. The molecule has 0 bridgehead atoms. The van der Waals surface area contributed by atoms with E-state index in [4.69, 9.17) is 25.8 Å². The van der Waals surface area contributed by atoms with Crippen molar-refractivity contribution in [2.45, 2.75) is 13.0 Å². The molecule has 4 aromatic rings. The first-order chi connectivity index (χ1) is 20.9. The van der Waals surface area contributed by atoms with E-state index in [1.807, 2.05) is 13.0 Å². The molecule has 0 radical (unpaired) electrons. The zero-order valence-electron chi connectivity index (χ0n) is 23.8. The number of nitrogens with one attached hydrogen (secondary N) is 1. The number of nitro benzene ring substituents is 3. The van der Waals surface area contributed by atoms with Crippen molar-refractivity contribution in [2.75, 3.05) is 25.6 Å². The summed E-state index contributed by atoms with van der Waals surface area (Å²) in [5.41, 5.74) is 6.86. The molecule has 4 rings (SSSR count). The number of nitrogens with two attached hydrogens (primary N) is 1. The number of ether oxygens (including phenoxy) is 1. The second-order valence-electron chi connectivity index (χ2n) is 8.54. The first kappa shape index (κ1) is 36.2. The van der Waals surface area contributed by atoms with Crippen LogP contribution >= 0.6 is 0 Å². The maximum Gasteiger partial charge on any atom is 0.296 e. The molecular weight excluding hydrogens is 578 g/mol. The third kappa shape index (κ3) is 13.7. The number of nitro groups is 3. The number of aliphatic hydroxyl groups excluding tert-OH is 1. The molecule has 1 unspecified atom stereocenters. The van der Waals surface area contributed by atoms with E-state index in [2.05, 4.69) is 5.32 Å². The number of hydrogen-bond acceptors (Lipinski definition) is 12. The second-order valence-corrected chi connectivity index (χ2v) is 8.54. The third-order valence-electron chi connectivity index (χ3n) is 5.28. The highest BCUT2D eigenvalue weighted by molar-refractivity contribution is 5.63. The lowest BCUT2D eigenvalue weighted by Gasteiger charge is -2.06. The molecule has 44 heavy (non-hydrogen) atoms. The zero-order valence-corrected chi connectivity index (χ0v) is 23.8. The van der Waals surface area contributed by atoms with E-state index >= 15 is 0 Å². The lowest BCUT2D eigenvalue weighted by molar-refractivity contribution is -0.385. The van der Waals surface area contributed by atoms with Gasteiger partial charge in [0.1, 0.15) is 22.9 Å². The summed E-state index contributed by atoms with van der Waals surface area (Å²) in [6, 6.07) is 24.4. The van der Waals surface area contributed by atoms with Gasteiger partial charge in [-0.3, -0.25) is 30.3 Å². The van der Waals surface area contributed by atoms with Gasteiger partial charge in [0.2, 0.25) is 0 Å². The van der Waals surface area contributed by atoms with Crippen LogP contribution in [0.1, 0.15) is 18.5 Å². The standard InChI is InChI=1S/C9H12N2O4.C8H10N2O2.C6H5NO3.C6H6O/c1-15-7-2-3-8(10-4-5-12)9(6-7)11(13)14;1-6(9)7-2-4-8(5-3-7)10(11)12;8-6-3-1-5(2-4-6)7(9)10;7-6-4-2-1-3-5-6/h2-3,6,10,12H,4-5H2,1H3;2-6H,9H2,1H3;1-4,8H;1-5,7H. The van der Waals surface area contributed by atoms with Crippen LogP contribution in [0.3, 0.4) is 0 Å². The summed E-state index contributed by atoms with van der Waals surface area (Å²) in [6.45, 7) is 2.03. The zero-order chi connectivity index (χ0) is 33.1. The van der Waals surface area contributed by atoms with Gasteiger partial charge in [0.05, 0.1) is 34.6 Å². The normalized spacial score (nSPS) is 10.2. The van der Waals surface area contributed by atoms with E-state index in [9.17, 15) is 30.3 Å². The van der Waals surface area contributed by atoms with Gasteiger partial charge in [0, 0.05) is 36.9 Å². The Morgan fingerprint density at radius 1 is 0.773 bits per heavy atom. The predicted molar refractivity (Wildman–Crippen MR) is 164 cm³/mol. The van der Waals surface area contributed by atoms with Crippen LogP contribution in [0, 0.1) is 30.3 Å². The fourth-order valence-corrected chi connectivity index (χ4v) is 3.03. The van der Waals surface area contributed by atoms with E-state index in [0.717, 1.165) is 5.56 Å². The molecule has 0 spiro atoms. The van der Waals surface area contributed by atoms with Gasteiger partial charge in [-0.1, -0.05) is 30.3 Å². The highest BCUT2D eigenvalue weighted by Gasteiger charge is 2.14. The summed E-state index contributed by atoms with van der Waals surface area (Å²) in [5, 5.41) is 59.7. The van der Waals surface area contributed by atoms with Crippen molar-refractivity contribution < 1.29 is 34.8 Å². The van der Waals surface area contributed by atoms with Crippen LogP contribution in [-0.2, 0) is 0 Å². The Hall–Kier alpha value is -5.80. The molecule has 234 valence electrons. The average Bonchev–Trinajstić information content (AvgIpc) is 3.01. The number of non-ortho nitro benzene ring substituents is 2. The number of aromatic hydroxyl groups is 2. The lowest BCUT2D eigenvalue weighted by Crippen LogP contribution is -2.07. The number of phenolic OH excluding ortho intramolecular Hbond substituents is 2. The van der Waals surface area contributed by atoms with Crippen LogP contribution in [0.5, 0.6) is 17.2 Å². The second kappa shape index (κ2) is 19.3. The van der Waals surface area contributed by atoms with Gasteiger partial charge < -0.3 is 31.1 Å². The van der Waals surface area contributed by atoms with Gasteiger partial charge in [-0.05, 0) is 48.9 Å². The molecule has 0 aromatic heterocycles. The molecule has 0 aliphatic carbocycles. The molecule has 0 aliphatic rings. The summed E-state index contributed by atoms with van der Waals surface area (Å²) in [4.78, 5) is 29.6. The number of aliphatic hydroxyl groups is 1. The molecule has 0 heterocycles. The van der Waals surface area contributed by atoms with Crippen LogP contribution in [0.2, 0.25) is 0 Å². The van der Waals surface area contributed by atoms with Crippen molar-refractivity contribution in [1.29, 1.82) is 0 Å². The molecule has 0 amide bonds. The minimum atomic E-state index is -0.514. The fraction of sp³-hybridized carbons (Fsp3) is 0.172. The Balaban J connectivity index is 0.000000303. The smallest absolute Gasteiger partial charge is 0.296 e. The van der Waals surface area contributed by atoms with Crippen molar-refractivity contribution in [1.82, 2.24) is 0 Å². The minimum Gasteiger partial charge on any atom is -0.508 e. The number of phenols is 2. The number of benzene rings is 4. The van der Waals surface area contributed by atoms with E-state index in [-0.39, 0.29) is 42.0 Å². The lowest BCUT2D eigenvalue weighted by atomic mass is 10.1. The summed E-state index contributed by atoms with van der Waals surface area (Å²) in [7, 11) is 1.44. The summed E-state index contributed by atoms with van der Waals surface area (Å²) in [5.74, 6) is 0.782.